The van der Waals surface area contributed by atoms with Crippen molar-refractivity contribution in [3.8, 4) is 11.1 Å². The number of amides is 1. The monoisotopic (exact) mass is 441 g/mol. The average Bonchev–Trinajstić information content (AvgIpc) is 2.94. The summed E-state index contributed by atoms with van der Waals surface area (Å²) in [5.74, 6) is -1.04. The second-order valence-electron chi connectivity index (χ2n) is 7.86. The average molecular weight is 442 g/mol. The highest BCUT2D eigenvalue weighted by Gasteiger charge is 2.44. The minimum atomic E-state index is -0.941. The first-order valence-electron chi connectivity index (χ1n) is 10.2. The molecule has 0 atom stereocenters. The lowest BCUT2D eigenvalue weighted by molar-refractivity contribution is -0.142. The van der Waals surface area contributed by atoms with Gasteiger partial charge in [0.1, 0.15) is 12.1 Å². The topological polar surface area (TPSA) is 90.9 Å². The third-order valence-corrected chi connectivity index (χ3v) is 5.44. The van der Waals surface area contributed by atoms with Crippen LogP contribution in [0.5, 0.6) is 0 Å². The number of hydrogen-bond donors (Lipinski definition) is 3. The number of carboxylic acid groups (broad SMARTS) is 1. The van der Waals surface area contributed by atoms with Crippen molar-refractivity contribution in [1.29, 1.82) is 0 Å². The van der Waals surface area contributed by atoms with E-state index in [-0.39, 0.29) is 12.5 Å². The molecule has 0 bridgehead atoms. The number of rotatable bonds is 10. The van der Waals surface area contributed by atoms with Crippen molar-refractivity contribution in [2.45, 2.75) is 32.2 Å². The van der Waals surface area contributed by atoms with Gasteiger partial charge in [-0.25, -0.2) is 4.79 Å². The fourth-order valence-corrected chi connectivity index (χ4v) is 3.83. The van der Waals surface area contributed by atoms with Crippen molar-refractivity contribution < 1.29 is 19.4 Å². The molecule has 1 aliphatic rings. The Morgan fingerprint density at radius 1 is 1.10 bits per heavy atom. The first-order valence-corrected chi connectivity index (χ1v) is 10.6. The van der Waals surface area contributed by atoms with Crippen LogP contribution in [0.4, 0.5) is 11.4 Å². The van der Waals surface area contributed by atoms with E-state index in [9.17, 15) is 9.59 Å². The number of benzene rings is 2. The summed E-state index contributed by atoms with van der Waals surface area (Å²) in [5.41, 5.74) is 3.36. The highest BCUT2D eigenvalue weighted by atomic mass is 32.1. The molecule has 164 valence electrons. The van der Waals surface area contributed by atoms with E-state index in [2.05, 4.69) is 22.8 Å². The van der Waals surface area contributed by atoms with Gasteiger partial charge in [-0.2, -0.15) is 0 Å². The molecule has 0 aliphatic carbocycles. The van der Waals surface area contributed by atoms with Gasteiger partial charge in [-0.1, -0.05) is 24.3 Å². The minimum Gasteiger partial charge on any atom is -0.480 e. The standard InChI is InChI=1S/C23H27N3O4S/c1-23(2)21(29)25-22(31)26(23)19-11-7-17(8-12-19)16-5-9-18(10-6-16)24-13-3-4-14-30-15-20(27)28/h5-12,24H,3-4,13-15H2,1-2H3,(H,27,28)(H,25,29,31). The Morgan fingerprint density at radius 3 is 2.26 bits per heavy atom. The van der Waals surface area contributed by atoms with Crippen molar-refractivity contribution in [1.82, 2.24) is 5.32 Å². The fourth-order valence-electron chi connectivity index (χ4n) is 3.41. The van der Waals surface area contributed by atoms with Gasteiger partial charge in [-0.15, -0.1) is 0 Å². The molecule has 31 heavy (non-hydrogen) atoms. The van der Waals surface area contributed by atoms with Crippen LogP contribution in [0.2, 0.25) is 0 Å². The van der Waals surface area contributed by atoms with Gasteiger partial charge in [0.25, 0.3) is 5.91 Å². The van der Waals surface area contributed by atoms with Gasteiger partial charge in [-0.3, -0.25) is 4.79 Å². The second kappa shape index (κ2) is 9.89. The van der Waals surface area contributed by atoms with E-state index >= 15 is 0 Å². The van der Waals surface area contributed by atoms with Gasteiger partial charge in [0.2, 0.25) is 0 Å². The number of ether oxygens (including phenoxy) is 1. The predicted molar refractivity (Wildman–Crippen MR) is 125 cm³/mol. The summed E-state index contributed by atoms with van der Waals surface area (Å²) in [6.45, 7) is 4.71. The van der Waals surface area contributed by atoms with Gasteiger partial charge < -0.3 is 25.4 Å². The zero-order valence-corrected chi connectivity index (χ0v) is 18.5. The van der Waals surface area contributed by atoms with E-state index in [0.717, 1.165) is 41.9 Å². The number of thiocarbonyl (C=S) groups is 1. The van der Waals surface area contributed by atoms with Gasteiger partial charge in [0.05, 0.1) is 0 Å². The van der Waals surface area contributed by atoms with Crippen LogP contribution in [0.25, 0.3) is 11.1 Å². The first kappa shape index (κ1) is 22.7. The van der Waals surface area contributed by atoms with Crippen LogP contribution in [-0.2, 0) is 14.3 Å². The summed E-state index contributed by atoms with van der Waals surface area (Å²) in [7, 11) is 0. The molecule has 3 N–H and O–H groups in total. The largest absolute Gasteiger partial charge is 0.480 e. The molecule has 1 aliphatic heterocycles. The second-order valence-corrected chi connectivity index (χ2v) is 8.24. The van der Waals surface area contributed by atoms with Crippen LogP contribution in [0.1, 0.15) is 26.7 Å². The molecule has 1 amide bonds. The zero-order chi connectivity index (χ0) is 22.4. The first-order chi connectivity index (χ1) is 14.8. The maximum absolute atomic E-state index is 12.1. The molecule has 0 unspecified atom stereocenters. The van der Waals surface area contributed by atoms with Crippen LogP contribution in [0, 0.1) is 0 Å². The smallest absolute Gasteiger partial charge is 0.329 e. The van der Waals surface area contributed by atoms with Crippen molar-refractivity contribution in [3.05, 3.63) is 48.5 Å². The van der Waals surface area contributed by atoms with Crippen LogP contribution in [-0.4, -0.2) is 47.4 Å². The molecule has 1 saturated heterocycles. The van der Waals surface area contributed by atoms with Gasteiger partial charge >= 0.3 is 5.97 Å². The molecule has 7 nitrogen and oxygen atoms in total. The van der Waals surface area contributed by atoms with E-state index in [1.165, 1.54) is 0 Å². The fraction of sp³-hybridized carbons (Fsp3) is 0.348. The molecule has 1 heterocycles. The van der Waals surface area contributed by atoms with Crippen LogP contribution in [0.3, 0.4) is 0 Å². The van der Waals surface area contributed by atoms with Crippen molar-refractivity contribution in [2.75, 3.05) is 30.0 Å². The van der Waals surface area contributed by atoms with Crippen molar-refractivity contribution >= 4 is 40.6 Å². The summed E-state index contributed by atoms with van der Waals surface area (Å²) in [4.78, 5) is 24.3. The number of carboxylic acids is 1. The number of aliphatic carboxylic acids is 1. The molecule has 2 aromatic carbocycles. The van der Waals surface area contributed by atoms with Gasteiger partial charge in [-0.05, 0) is 74.3 Å². The molecule has 3 rings (SSSR count). The third kappa shape index (κ3) is 5.59. The van der Waals surface area contributed by atoms with E-state index < -0.39 is 11.5 Å². The number of carbonyl (C=O) groups excluding carboxylic acids is 1. The van der Waals surface area contributed by atoms with E-state index in [4.69, 9.17) is 22.1 Å². The van der Waals surface area contributed by atoms with Crippen LogP contribution in [0.15, 0.2) is 48.5 Å². The van der Waals surface area contributed by atoms with Crippen molar-refractivity contribution in [3.63, 3.8) is 0 Å². The quantitative estimate of drug-likeness (QED) is 0.383. The summed E-state index contributed by atoms with van der Waals surface area (Å²) in [6, 6.07) is 16.2. The predicted octanol–water partition coefficient (Wildman–Crippen LogP) is 3.65. The lowest BCUT2D eigenvalue weighted by Gasteiger charge is -2.29. The molecule has 0 aromatic heterocycles. The third-order valence-electron chi connectivity index (χ3n) is 5.15. The van der Waals surface area contributed by atoms with E-state index in [1.54, 1.807) is 0 Å². The van der Waals surface area contributed by atoms with Gasteiger partial charge in [0.15, 0.2) is 5.11 Å². The molecule has 1 fully saturated rings. The summed E-state index contributed by atoms with van der Waals surface area (Å²) in [5, 5.41) is 15.0. The van der Waals surface area contributed by atoms with E-state index in [0.29, 0.717) is 11.7 Å². The SMILES string of the molecule is CC1(C)C(=O)NC(=S)N1c1ccc(-c2ccc(NCCCCOCC(=O)O)cc2)cc1. The maximum atomic E-state index is 12.1. The number of anilines is 2. The van der Waals surface area contributed by atoms with Crippen LogP contribution >= 0.6 is 12.2 Å². The Labute approximate surface area is 187 Å². The number of carbonyl (C=O) groups is 2. The Kier molecular flexibility index (Phi) is 7.25. The molecule has 8 heteroatoms. The lowest BCUT2D eigenvalue weighted by atomic mass is 10.0. The maximum Gasteiger partial charge on any atom is 0.329 e. The Hall–Kier alpha value is -2.97. The molecular formula is C23H27N3O4S. The summed E-state index contributed by atoms with van der Waals surface area (Å²) >= 11 is 5.32. The van der Waals surface area contributed by atoms with Crippen LogP contribution < -0.4 is 15.5 Å². The Balaban J connectivity index is 1.53. The molecule has 0 spiro atoms. The molecular weight excluding hydrogens is 414 g/mol. The molecule has 0 radical (unpaired) electrons. The molecule has 2 aromatic rings. The summed E-state index contributed by atoms with van der Waals surface area (Å²) < 4.78 is 5.02. The number of hydrogen-bond acceptors (Lipinski definition) is 5. The van der Waals surface area contributed by atoms with Crippen molar-refractivity contribution in [2.24, 2.45) is 0 Å². The summed E-state index contributed by atoms with van der Waals surface area (Å²) in [6.07, 6.45) is 1.71. The zero-order valence-electron chi connectivity index (χ0n) is 17.7. The Bertz CT molecular complexity index is 942. The molecule has 0 saturated carbocycles. The normalized spacial score (nSPS) is 15.1. The highest BCUT2D eigenvalue weighted by Crippen LogP contribution is 2.31. The highest BCUT2D eigenvalue weighted by molar-refractivity contribution is 7.80. The Morgan fingerprint density at radius 2 is 1.71 bits per heavy atom. The minimum absolute atomic E-state index is 0.0996. The number of unbranched alkanes of at least 4 members (excludes halogenated alkanes) is 1. The lowest BCUT2D eigenvalue weighted by Crippen LogP contribution is -2.44. The number of nitrogens with zero attached hydrogens (tertiary/aromatic N) is 1. The van der Waals surface area contributed by atoms with Gasteiger partial charge in [0, 0.05) is 24.5 Å². The van der Waals surface area contributed by atoms with E-state index in [1.807, 2.05) is 55.1 Å². The number of nitrogens with one attached hydrogen (secondary N) is 2.